The highest BCUT2D eigenvalue weighted by Gasteiger charge is 2.21. The van der Waals surface area contributed by atoms with Crippen molar-refractivity contribution < 1.29 is 9.47 Å². The topological polar surface area (TPSA) is 56.5 Å². The molecule has 0 aliphatic heterocycles. The van der Waals surface area contributed by atoms with Crippen LogP contribution >= 0.6 is 0 Å². The van der Waals surface area contributed by atoms with Crippen LogP contribution in [0.25, 0.3) is 0 Å². The zero-order valence-electron chi connectivity index (χ0n) is 12.9. The fourth-order valence-corrected chi connectivity index (χ4v) is 2.57. The summed E-state index contributed by atoms with van der Waals surface area (Å²) in [6.07, 6.45) is 0. The van der Waals surface area contributed by atoms with E-state index in [2.05, 4.69) is 31.4 Å². The Balaban J connectivity index is 2.59. The van der Waals surface area contributed by atoms with Gasteiger partial charge in [-0.3, -0.25) is 5.84 Å². The van der Waals surface area contributed by atoms with Crippen LogP contribution in [0.3, 0.4) is 0 Å². The molecule has 1 unspecified atom stereocenters. The lowest BCUT2D eigenvalue weighted by atomic mass is 9.92. The average molecular weight is 286 g/mol. The van der Waals surface area contributed by atoms with Gasteiger partial charge in [-0.2, -0.15) is 0 Å². The molecule has 4 heteroatoms. The number of rotatable bonds is 5. The van der Waals surface area contributed by atoms with E-state index in [1.165, 1.54) is 11.1 Å². The van der Waals surface area contributed by atoms with Crippen LogP contribution in [-0.2, 0) is 0 Å². The third-order valence-electron chi connectivity index (χ3n) is 3.87. The van der Waals surface area contributed by atoms with Gasteiger partial charge in [-0.25, -0.2) is 5.43 Å². The molecule has 0 bridgehead atoms. The summed E-state index contributed by atoms with van der Waals surface area (Å²) < 4.78 is 10.9. The molecule has 0 aromatic heterocycles. The lowest BCUT2D eigenvalue weighted by Gasteiger charge is -2.23. The van der Waals surface area contributed by atoms with Gasteiger partial charge in [-0.05, 0) is 36.6 Å². The Morgan fingerprint density at radius 2 is 1.62 bits per heavy atom. The SMILES string of the molecule is COc1cccc(C(NN)c2cccc(C)c2C)c1OC. The largest absolute Gasteiger partial charge is 0.493 e. The van der Waals surface area contributed by atoms with E-state index in [4.69, 9.17) is 15.3 Å². The number of methoxy groups -OCH3 is 2. The zero-order valence-corrected chi connectivity index (χ0v) is 12.9. The molecule has 0 radical (unpaired) electrons. The monoisotopic (exact) mass is 286 g/mol. The Labute approximate surface area is 125 Å². The smallest absolute Gasteiger partial charge is 0.165 e. The molecule has 2 aromatic carbocycles. The molecule has 0 saturated carbocycles. The Morgan fingerprint density at radius 1 is 0.952 bits per heavy atom. The minimum Gasteiger partial charge on any atom is -0.493 e. The van der Waals surface area contributed by atoms with Crippen molar-refractivity contribution in [3.8, 4) is 11.5 Å². The molecule has 4 nitrogen and oxygen atoms in total. The maximum Gasteiger partial charge on any atom is 0.165 e. The van der Waals surface area contributed by atoms with E-state index >= 15 is 0 Å². The predicted octanol–water partition coefficient (Wildman–Crippen LogP) is 2.87. The Hall–Kier alpha value is -2.04. The van der Waals surface area contributed by atoms with Gasteiger partial charge in [0.1, 0.15) is 0 Å². The fraction of sp³-hybridized carbons (Fsp3) is 0.294. The maximum absolute atomic E-state index is 5.82. The summed E-state index contributed by atoms with van der Waals surface area (Å²) in [4.78, 5) is 0. The lowest BCUT2D eigenvalue weighted by molar-refractivity contribution is 0.349. The number of ether oxygens (including phenoxy) is 2. The van der Waals surface area contributed by atoms with Crippen LogP contribution in [0.4, 0.5) is 0 Å². The van der Waals surface area contributed by atoms with E-state index in [1.807, 2.05) is 24.3 Å². The summed E-state index contributed by atoms with van der Waals surface area (Å²) in [5.41, 5.74) is 7.42. The summed E-state index contributed by atoms with van der Waals surface area (Å²) in [5.74, 6) is 7.22. The number of hydrazine groups is 1. The summed E-state index contributed by atoms with van der Waals surface area (Å²) in [6, 6.07) is 11.9. The van der Waals surface area contributed by atoms with Crippen LogP contribution < -0.4 is 20.7 Å². The molecule has 0 saturated heterocycles. The van der Waals surface area contributed by atoms with Crippen LogP contribution in [0.2, 0.25) is 0 Å². The maximum atomic E-state index is 5.82. The average Bonchev–Trinajstić information content (AvgIpc) is 2.51. The number of aryl methyl sites for hydroxylation is 1. The van der Waals surface area contributed by atoms with Crippen molar-refractivity contribution >= 4 is 0 Å². The second-order valence-corrected chi connectivity index (χ2v) is 4.97. The van der Waals surface area contributed by atoms with Gasteiger partial charge in [0.2, 0.25) is 0 Å². The van der Waals surface area contributed by atoms with Crippen molar-refractivity contribution in [2.24, 2.45) is 5.84 Å². The quantitative estimate of drug-likeness (QED) is 0.655. The van der Waals surface area contributed by atoms with E-state index < -0.39 is 0 Å². The number of hydrogen-bond donors (Lipinski definition) is 2. The molecule has 3 N–H and O–H groups in total. The van der Waals surface area contributed by atoms with Crippen LogP contribution in [-0.4, -0.2) is 14.2 Å². The van der Waals surface area contributed by atoms with Crippen LogP contribution in [0.5, 0.6) is 11.5 Å². The number of para-hydroxylation sites is 1. The number of nitrogens with one attached hydrogen (secondary N) is 1. The summed E-state index contributed by atoms with van der Waals surface area (Å²) >= 11 is 0. The van der Waals surface area contributed by atoms with Gasteiger partial charge in [-0.1, -0.05) is 30.3 Å². The number of hydrogen-bond acceptors (Lipinski definition) is 4. The molecule has 2 rings (SSSR count). The van der Waals surface area contributed by atoms with Crippen molar-refractivity contribution in [1.29, 1.82) is 0 Å². The Bertz CT molecular complexity index is 626. The van der Waals surface area contributed by atoms with E-state index in [-0.39, 0.29) is 6.04 Å². The second-order valence-electron chi connectivity index (χ2n) is 4.97. The van der Waals surface area contributed by atoms with Crippen LogP contribution in [0.1, 0.15) is 28.3 Å². The van der Waals surface area contributed by atoms with Gasteiger partial charge in [0.05, 0.1) is 20.3 Å². The van der Waals surface area contributed by atoms with Crippen molar-refractivity contribution in [2.75, 3.05) is 14.2 Å². The lowest BCUT2D eigenvalue weighted by Crippen LogP contribution is -2.30. The van der Waals surface area contributed by atoms with Crippen LogP contribution in [0.15, 0.2) is 36.4 Å². The number of benzene rings is 2. The summed E-state index contributed by atoms with van der Waals surface area (Å²) in [7, 11) is 3.27. The first-order chi connectivity index (χ1) is 10.1. The molecular weight excluding hydrogens is 264 g/mol. The molecule has 1 atom stereocenters. The molecule has 0 amide bonds. The van der Waals surface area contributed by atoms with E-state index in [0.29, 0.717) is 11.5 Å². The highest BCUT2D eigenvalue weighted by atomic mass is 16.5. The van der Waals surface area contributed by atoms with Gasteiger partial charge in [0, 0.05) is 5.56 Å². The first kappa shape index (κ1) is 15.4. The summed E-state index contributed by atoms with van der Waals surface area (Å²) in [6.45, 7) is 4.19. The highest BCUT2D eigenvalue weighted by Crippen LogP contribution is 2.37. The van der Waals surface area contributed by atoms with Crippen LogP contribution in [0, 0.1) is 13.8 Å². The third-order valence-corrected chi connectivity index (χ3v) is 3.87. The van der Waals surface area contributed by atoms with Crippen molar-refractivity contribution in [3.05, 3.63) is 58.7 Å². The predicted molar refractivity (Wildman–Crippen MR) is 84.6 cm³/mol. The molecule has 2 aromatic rings. The van der Waals surface area contributed by atoms with E-state index in [0.717, 1.165) is 11.1 Å². The van der Waals surface area contributed by atoms with Gasteiger partial charge in [-0.15, -0.1) is 0 Å². The molecule has 0 heterocycles. The minimum absolute atomic E-state index is 0.157. The standard InChI is InChI=1S/C17H22N2O2/c1-11-7-5-8-13(12(11)2)16(19-18)14-9-6-10-15(20-3)17(14)21-4/h5-10,16,19H,18H2,1-4H3. The molecule has 112 valence electrons. The normalized spacial score (nSPS) is 12.0. The van der Waals surface area contributed by atoms with E-state index in [9.17, 15) is 0 Å². The number of nitrogens with two attached hydrogens (primary N) is 1. The molecule has 0 aliphatic carbocycles. The summed E-state index contributed by atoms with van der Waals surface area (Å²) in [5, 5.41) is 0. The molecule has 21 heavy (non-hydrogen) atoms. The van der Waals surface area contributed by atoms with Gasteiger partial charge < -0.3 is 9.47 Å². The molecule has 0 aliphatic rings. The van der Waals surface area contributed by atoms with Gasteiger partial charge in [0.25, 0.3) is 0 Å². The Morgan fingerprint density at radius 3 is 2.24 bits per heavy atom. The molecular formula is C17H22N2O2. The Kier molecular flexibility index (Phi) is 4.83. The van der Waals surface area contributed by atoms with Crippen molar-refractivity contribution in [1.82, 2.24) is 5.43 Å². The molecule has 0 fully saturated rings. The highest BCUT2D eigenvalue weighted by molar-refractivity contribution is 5.52. The van der Waals surface area contributed by atoms with E-state index in [1.54, 1.807) is 14.2 Å². The third kappa shape index (κ3) is 2.86. The zero-order chi connectivity index (χ0) is 15.4. The van der Waals surface area contributed by atoms with Crippen molar-refractivity contribution in [3.63, 3.8) is 0 Å². The molecule has 0 spiro atoms. The second kappa shape index (κ2) is 6.61. The minimum atomic E-state index is -0.157. The van der Waals surface area contributed by atoms with Gasteiger partial charge in [0.15, 0.2) is 11.5 Å². The fourth-order valence-electron chi connectivity index (χ4n) is 2.57. The van der Waals surface area contributed by atoms with Gasteiger partial charge >= 0.3 is 0 Å². The van der Waals surface area contributed by atoms with Crippen molar-refractivity contribution in [2.45, 2.75) is 19.9 Å². The first-order valence-corrected chi connectivity index (χ1v) is 6.87. The first-order valence-electron chi connectivity index (χ1n) is 6.87.